The number of rotatable bonds is 8. The van der Waals surface area contributed by atoms with Gasteiger partial charge >= 0.3 is 6.18 Å². The smallest absolute Gasteiger partial charge is 0.416 e. The van der Waals surface area contributed by atoms with Gasteiger partial charge in [0.05, 0.1) is 25.5 Å². The SMILES string of the molecule is COc1cc(C(=O)NCc2ccco2)ccc1OCC(=O)Nc1cccc(C(F)(F)F)c1. The highest BCUT2D eigenvalue weighted by molar-refractivity contribution is 5.95. The minimum atomic E-state index is -4.52. The highest BCUT2D eigenvalue weighted by atomic mass is 19.4. The average molecular weight is 448 g/mol. The van der Waals surface area contributed by atoms with Crippen LogP contribution >= 0.6 is 0 Å². The van der Waals surface area contributed by atoms with Crippen molar-refractivity contribution in [1.82, 2.24) is 5.32 Å². The van der Waals surface area contributed by atoms with Crippen molar-refractivity contribution in [2.75, 3.05) is 19.0 Å². The van der Waals surface area contributed by atoms with Crippen molar-refractivity contribution in [1.29, 1.82) is 0 Å². The molecule has 7 nitrogen and oxygen atoms in total. The van der Waals surface area contributed by atoms with Crippen LogP contribution in [-0.2, 0) is 17.5 Å². The van der Waals surface area contributed by atoms with E-state index in [0.717, 1.165) is 12.1 Å². The molecular formula is C22H19F3N2O5. The van der Waals surface area contributed by atoms with E-state index < -0.39 is 24.3 Å². The summed E-state index contributed by atoms with van der Waals surface area (Å²) in [5, 5.41) is 5.04. The van der Waals surface area contributed by atoms with Crippen molar-refractivity contribution >= 4 is 17.5 Å². The highest BCUT2D eigenvalue weighted by Gasteiger charge is 2.30. The van der Waals surface area contributed by atoms with E-state index in [1.165, 1.54) is 43.7 Å². The van der Waals surface area contributed by atoms with Gasteiger partial charge in [-0.25, -0.2) is 0 Å². The summed E-state index contributed by atoms with van der Waals surface area (Å²) < 4.78 is 54.1. The van der Waals surface area contributed by atoms with Gasteiger partial charge in [0.1, 0.15) is 5.76 Å². The molecule has 0 bridgehead atoms. The quantitative estimate of drug-likeness (QED) is 0.538. The Morgan fingerprint density at radius 1 is 1.03 bits per heavy atom. The molecule has 0 atom stereocenters. The van der Waals surface area contributed by atoms with E-state index >= 15 is 0 Å². The Morgan fingerprint density at radius 2 is 1.84 bits per heavy atom. The maximum Gasteiger partial charge on any atom is 0.416 e. The number of hydrogen-bond acceptors (Lipinski definition) is 5. The summed E-state index contributed by atoms with van der Waals surface area (Å²) in [7, 11) is 1.37. The molecule has 1 aromatic heterocycles. The fourth-order valence-corrected chi connectivity index (χ4v) is 2.72. The summed E-state index contributed by atoms with van der Waals surface area (Å²) in [5.74, 6) is -0.0333. The molecule has 2 aromatic carbocycles. The summed E-state index contributed by atoms with van der Waals surface area (Å²) in [6.07, 6.45) is -3.02. The third kappa shape index (κ3) is 6.03. The van der Waals surface area contributed by atoms with Crippen LogP contribution in [0.2, 0.25) is 0 Å². The normalized spacial score (nSPS) is 11.0. The summed E-state index contributed by atoms with van der Waals surface area (Å²) >= 11 is 0. The van der Waals surface area contributed by atoms with Crippen molar-refractivity contribution in [3.63, 3.8) is 0 Å². The number of nitrogens with one attached hydrogen (secondary N) is 2. The predicted molar refractivity (Wildman–Crippen MR) is 108 cm³/mol. The van der Waals surface area contributed by atoms with Crippen molar-refractivity contribution < 1.29 is 36.7 Å². The fourth-order valence-electron chi connectivity index (χ4n) is 2.72. The van der Waals surface area contributed by atoms with Gasteiger partial charge in [0.25, 0.3) is 11.8 Å². The van der Waals surface area contributed by atoms with Crippen molar-refractivity contribution in [3.05, 3.63) is 77.7 Å². The van der Waals surface area contributed by atoms with E-state index in [0.29, 0.717) is 11.3 Å². The largest absolute Gasteiger partial charge is 0.493 e. The zero-order valence-corrected chi connectivity index (χ0v) is 16.9. The standard InChI is InChI=1S/C22H19F3N2O5/c1-30-19-10-14(21(29)26-12-17-6-3-9-31-17)7-8-18(19)32-13-20(28)27-16-5-2-4-15(11-16)22(23,24)25/h2-11H,12-13H2,1H3,(H,26,29)(H,27,28). The molecule has 0 aliphatic heterocycles. The molecule has 0 spiro atoms. The zero-order valence-electron chi connectivity index (χ0n) is 16.9. The van der Waals surface area contributed by atoms with Gasteiger partial charge in [-0.15, -0.1) is 0 Å². The summed E-state index contributed by atoms with van der Waals surface area (Å²) in [6.45, 7) is -0.265. The molecule has 0 unspecified atom stereocenters. The van der Waals surface area contributed by atoms with Crippen LogP contribution < -0.4 is 20.1 Å². The first-order valence-corrected chi connectivity index (χ1v) is 9.35. The van der Waals surface area contributed by atoms with Crippen molar-refractivity contribution in [3.8, 4) is 11.5 Å². The first-order chi connectivity index (χ1) is 15.3. The molecule has 3 rings (SSSR count). The number of methoxy groups -OCH3 is 1. The van der Waals surface area contributed by atoms with Crippen LogP contribution in [0, 0.1) is 0 Å². The number of halogens is 3. The van der Waals surface area contributed by atoms with Crippen molar-refractivity contribution in [2.45, 2.75) is 12.7 Å². The third-order valence-corrected chi connectivity index (χ3v) is 4.26. The predicted octanol–water partition coefficient (Wildman–Crippen LogP) is 4.25. The van der Waals surface area contributed by atoms with Crippen LogP contribution in [-0.4, -0.2) is 25.5 Å². The summed E-state index contributed by atoms with van der Waals surface area (Å²) in [5.41, 5.74) is -0.586. The number of amides is 2. The molecule has 0 aliphatic carbocycles. The number of anilines is 1. The second kappa shape index (κ2) is 9.90. The Kier molecular flexibility index (Phi) is 7.04. The lowest BCUT2D eigenvalue weighted by Crippen LogP contribution is -2.23. The minimum Gasteiger partial charge on any atom is -0.493 e. The first kappa shape index (κ1) is 22.7. The highest BCUT2D eigenvalue weighted by Crippen LogP contribution is 2.31. The molecule has 168 valence electrons. The Morgan fingerprint density at radius 3 is 2.53 bits per heavy atom. The van der Waals surface area contributed by atoms with Crippen LogP contribution in [0.15, 0.2) is 65.3 Å². The fraction of sp³-hybridized carbons (Fsp3) is 0.182. The molecule has 0 saturated heterocycles. The topological polar surface area (TPSA) is 89.8 Å². The molecule has 2 amide bonds. The monoisotopic (exact) mass is 448 g/mol. The molecule has 0 fully saturated rings. The number of alkyl halides is 3. The molecule has 2 N–H and O–H groups in total. The van der Waals surface area contributed by atoms with Crippen LogP contribution in [0.3, 0.4) is 0 Å². The second-order valence-corrected chi connectivity index (χ2v) is 6.54. The van der Waals surface area contributed by atoms with E-state index in [4.69, 9.17) is 13.9 Å². The Balaban J connectivity index is 1.58. The Bertz CT molecular complexity index is 1080. The van der Waals surface area contributed by atoms with Gasteiger partial charge in [-0.2, -0.15) is 13.2 Å². The van der Waals surface area contributed by atoms with Crippen molar-refractivity contribution in [2.24, 2.45) is 0 Å². The molecule has 0 radical (unpaired) electrons. The van der Waals surface area contributed by atoms with E-state index in [2.05, 4.69) is 10.6 Å². The lowest BCUT2D eigenvalue weighted by molar-refractivity contribution is -0.137. The van der Waals surface area contributed by atoms with E-state index in [9.17, 15) is 22.8 Å². The third-order valence-electron chi connectivity index (χ3n) is 4.26. The minimum absolute atomic E-state index is 0.0102. The lowest BCUT2D eigenvalue weighted by atomic mass is 10.2. The van der Waals surface area contributed by atoms with Gasteiger partial charge < -0.3 is 24.5 Å². The molecular weight excluding hydrogens is 429 g/mol. The van der Waals surface area contributed by atoms with E-state index in [-0.39, 0.29) is 29.6 Å². The maximum absolute atomic E-state index is 12.8. The number of carbonyl (C=O) groups is 2. The average Bonchev–Trinajstić information content (AvgIpc) is 3.29. The van der Waals surface area contributed by atoms with E-state index in [1.54, 1.807) is 12.1 Å². The molecule has 32 heavy (non-hydrogen) atoms. The number of furan rings is 1. The molecule has 3 aromatic rings. The molecule has 0 aliphatic rings. The van der Waals surface area contributed by atoms with Gasteiger partial charge in [0.2, 0.25) is 0 Å². The van der Waals surface area contributed by atoms with Crippen LogP contribution in [0.1, 0.15) is 21.7 Å². The van der Waals surface area contributed by atoms with Gasteiger partial charge in [-0.05, 0) is 48.5 Å². The molecule has 0 saturated carbocycles. The zero-order chi connectivity index (χ0) is 23.1. The maximum atomic E-state index is 12.8. The number of carbonyl (C=O) groups excluding carboxylic acids is 2. The van der Waals surface area contributed by atoms with Gasteiger partial charge in [0, 0.05) is 11.3 Å². The van der Waals surface area contributed by atoms with E-state index in [1.807, 2.05) is 0 Å². The van der Waals surface area contributed by atoms with Gasteiger partial charge in [-0.3, -0.25) is 9.59 Å². The Labute approximate surface area is 181 Å². The summed E-state index contributed by atoms with van der Waals surface area (Å²) in [4.78, 5) is 24.4. The van der Waals surface area contributed by atoms with Gasteiger partial charge in [-0.1, -0.05) is 6.07 Å². The summed E-state index contributed by atoms with van der Waals surface area (Å²) in [6, 6.07) is 12.1. The van der Waals surface area contributed by atoms with Crippen LogP contribution in [0.5, 0.6) is 11.5 Å². The van der Waals surface area contributed by atoms with Gasteiger partial charge in [0.15, 0.2) is 18.1 Å². The lowest BCUT2D eigenvalue weighted by Gasteiger charge is -2.13. The number of ether oxygens (including phenoxy) is 2. The molecule has 1 heterocycles. The number of benzene rings is 2. The first-order valence-electron chi connectivity index (χ1n) is 9.35. The second-order valence-electron chi connectivity index (χ2n) is 6.54. The van der Waals surface area contributed by atoms with Crippen LogP contribution in [0.4, 0.5) is 18.9 Å². The Hall–Kier alpha value is -3.95. The number of hydrogen-bond donors (Lipinski definition) is 2. The van der Waals surface area contributed by atoms with Crippen LogP contribution in [0.25, 0.3) is 0 Å². The molecule has 10 heteroatoms.